The second kappa shape index (κ2) is 8.70. The number of anilines is 1. The van der Waals surface area contributed by atoms with Crippen molar-refractivity contribution in [3.05, 3.63) is 29.3 Å². The van der Waals surface area contributed by atoms with Crippen LogP contribution in [0.4, 0.5) is 5.69 Å². The lowest BCUT2D eigenvalue weighted by Gasteiger charge is -2.23. The lowest BCUT2D eigenvalue weighted by molar-refractivity contribution is -0.120. The highest BCUT2D eigenvalue weighted by atomic mass is 35.5. The van der Waals surface area contributed by atoms with E-state index in [0.29, 0.717) is 24.3 Å². The number of rotatable bonds is 5. The first-order chi connectivity index (χ1) is 10.5. The molecule has 2 atom stereocenters. The van der Waals surface area contributed by atoms with Gasteiger partial charge < -0.3 is 11.1 Å². The van der Waals surface area contributed by atoms with E-state index in [0.717, 1.165) is 24.9 Å². The summed E-state index contributed by atoms with van der Waals surface area (Å²) in [7, 11) is 0. The Morgan fingerprint density at radius 3 is 2.22 bits per heavy atom. The van der Waals surface area contributed by atoms with Crippen LogP contribution in [0.15, 0.2) is 18.2 Å². The number of hydrogen-bond acceptors (Lipinski definition) is 2. The fourth-order valence-corrected chi connectivity index (χ4v) is 3.58. The highest BCUT2D eigenvalue weighted by Gasteiger charge is 2.32. The number of benzene rings is 1. The average Bonchev–Trinajstić information content (AvgIpc) is 2.95. The van der Waals surface area contributed by atoms with Crippen molar-refractivity contribution in [1.29, 1.82) is 0 Å². The van der Waals surface area contributed by atoms with Crippen molar-refractivity contribution in [2.75, 3.05) is 11.9 Å². The smallest absolute Gasteiger partial charge is 0.227 e. The zero-order chi connectivity index (χ0) is 16.3. The molecule has 2 rings (SSSR count). The van der Waals surface area contributed by atoms with Gasteiger partial charge in [-0.3, -0.25) is 4.79 Å². The standard InChI is InChI=1S/C19H30N2O.ClH/c1-12(2)15-8-6-9-16(13(3)4)18(15)21-19(22)17-10-5-7-14(17)11-20;/h6,8-9,12-14,17H,5,7,10-11,20H2,1-4H3,(H,21,22);1H/t14-,17-;/m1./s1. The van der Waals surface area contributed by atoms with E-state index in [2.05, 4.69) is 51.2 Å². The highest BCUT2D eigenvalue weighted by molar-refractivity contribution is 5.94. The lowest BCUT2D eigenvalue weighted by atomic mass is 9.91. The Hall–Kier alpha value is -1.06. The van der Waals surface area contributed by atoms with Crippen molar-refractivity contribution in [3.8, 4) is 0 Å². The number of amides is 1. The molecular weight excluding hydrogens is 308 g/mol. The van der Waals surface area contributed by atoms with E-state index < -0.39 is 0 Å². The second-order valence-electron chi connectivity index (χ2n) is 7.14. The average molecular weight is 339 g/mol. The summed E-state index contributed by atoms with van der Waals surface area (Å²) < 4.78 is 0. The van der Waals surface area contributed by atoms with Gasteiger partial charge in [-0.2, -0.15) is 0 Å². The summed E-state index contributed by atoms with van der Waals surface area (Å²) in [5.41, 5.74) is 9.31. The van der Waals surface area contributed by atoms with Gasteiger partial charge in [0.25, 0.3) is 0 Å². The van der Waals surface area contributed by atoms with Crippen molar-refractivity contribution in [1.82, 2.24) is 0 Å². The first kappa shape index (κ1) is 20.0. The molecule has 1 fully saturated rings. The van der Waals surface area contributed by atoms with Crippen LogP contribution in [0.1, 0.15) is 69.9 Å². The van der Waals surface area contributed by atoms with Crippen LogP contribution in [0.3, 0.4) is 0 Å². The molecule has 23 heavy (non-hydrogen) atoms. The molecule has 0 aromatic heterocycles. The highest BCUT2D eigenvalue weighted by Crippen LogP contribution is 2.35. The third kappa shape index (κ3) is 4.48. The number of hydrogen-bond donors (Lipinski definition) is 2. The number of para-hydroxylation sites is 1. The third-order valence-corrected chi connectivity index (χ3v) is 4.92. The van der Waals surface area contributed by atoms with Crippen LogP contribution in [0.25, 0.3) is 0 Å². The second-order valence-corrected chi connectivity index (χ2v) is 7.14. The normalized spacial score (nSPS) is 20.7. The molecule has 4 heteroatoms. The van der Waals surface area contributed by atoms with Gasteiger partial charge in [-0.1, -0.05) is 52.3 Å². The monoisotopic (exact) mass is 338 g/mol. The van der Waals surface area contributed by atoms with Crippen molar-refractivity contribution < 1.29 is 4.79 Å². The van der Waals surface area contributed by atoms with Crippen molar-refractivity contribution in [2.24, 2.45) is 17.6 Å². The Bertz CT molecular complexity index is 502. The van der Waals surface area contributed by atoms with E-state index in [1.807, 2.05) is 0 Å². The molecule has 1 aromatic carbocycles. The molecule has 0 radical (unpaired) electrons. The van der Waals surface area contributed by atoms with E-state index >= 15 is 0 Å². The predicted octanol–water partition coefficient (Wildman–Crippen LogP) is 4.67. The zero-order valence-electron chi connectivity index (χ0n) is 14.8. The summed E-state index contributed by atoms with van der Waals surface area (Å²) in [5.74, 6) is 1.35. The first-order valence-corrected chi connectivity index (χ1v) is 8.59. The summed E-state index contributed by atoms with van der Waals surface area (Å²) in [6.07, 6.45) is 3.16. The largest absolute Gasteiger partial charge is 0.330 e. The molecule has 3 N–H and O–H groups in total. The van der Waals surface area contributed by atoms with Gasteiger partial charge in [0, 0.05) is 11.6 Å². The Labute approximate surface area is 146 Å². The predicted molar refractivity (Wildman–Crippen MR) is 100 cm³/mol. The van der Waals surface area contributed by atoms with E-state index in [9.17, 15) is 4.79 Å². The maximum Gasteiger partial charge on any atom is 0.227 e. The summed E-state index contributed by atoms with van der Waals surface area (Å²) in [6.45, 7) is 9.31. The van der Waals surface area contributed by atoms with Crippen LogP contribution in [0.5, 0.6) is 0 Å². The van der Waals surface area contributed by atoms with E-state index in [-0.39, 0.29) is 24.2 Å². The van der Waals surface area contributed by atoms with Crippen LogP contribution in [-0.4, -0.2) is 12.5 Å². The minimum Gasteiger partial charge on any atom is -0.330 e. The lowest BCUT2D eigenvalue weighted by Crippen LogP contribution is -2.30. The van der Waals surface area contributed by atoms with Gasteiger partial charge in [0.05, 0.1) is 0 Å². The van der Waals surface area contributed by atoms with Crippen LogP contribution in [0, 0.1) is 11.8 Å². The van der Waals surface area contributed by atoms with Gasteiger partial charge in [-0.05, 0) is 48.3 Å². The van der Waals surface area contributed by atoms with Gasteiger partial charge in [-0.15, -0.1) is 12.4 Å². The fraction of sp³-hybridized carbons (Fsp3) is 0.632. The molecule has 130 valence electrons. The van der Waals surface area contributed by atoms with Crippen molar-refractivity contribution in [3.63, 3.8) is 0 Å². The Kier molecular flexibility index (Phi) is 7.56. The molecule has 3 nitrogen and oxygen atoms in total. The van der Waals surface area contributed by atoms with Gasteiger partial charge in [-0.25, -0.2) is 0 Å². The molecule has 1 amide bonds. The number of carbonyl (C=O) groups excluding carboxylic acids is 1. The number of halogens is 1. The summed E-state index contributed by atoms with van der Waals surface area (Å²) in [6, 6.07) is 6.35. The zero-order valence-corrected chi connectivity index (χ0v) is 15.6. The SMILES string of the molecule is CC(C)c1cccc(C(C)C)c1NC(=O)[C@@H]1CCC[C@@H]1CN.Cl. The molecule has 0 aliphatic heterocycles. The van der Waals surface area contributed by atoms with Crippen molar-refractivity contribution >= 4 is 24.0 Å². The summed E-state index contributed by atoms with van der Waals surface area (Å²) >= 11 is 0. The number of carbonyl (C=O) groups is 1. The minimum absolute atomic E-state index is 0. The minimum atomic E-state index is 0. The summed E-state index contributed by atoms with van der Waals surface area (Å²) in [4.78, 5) is 12.8. The van der Waals surface area contributed by atoms with Crippen LogP contribution < -0.4 is 11.1 Å². The maximum atomic E-state index is 12.8. The Morgan fingerprint density at radius 2 is 1.74 bits per heavy atom. The van der Waals surface area contributed by atoms with E-state index in [4.69, 9.17) is 5.73 Å². The third-order valence-electron chi connectivity index (χ3n) is 4.92. The molecule has 0 spiro atoms. The first-order valence-electron chi connectivity index (χ1n) is 8.59. The van der Waals surface area contributed by atoms with E-state index in [1.165, 1.54) is 11.1 Å². The van der Waals surface area contributed by atoms with Gasteiger partial charge in [0.15, 0.2) is 0 Å². The Morgan fingerprint density at radius 1 is 1.17 bits per heavy atom. The molecule has 0 bridgehead atoms. The molecule has 0 heterocycles. The van der Waals surface area contributed by atoms with Gasteiger partial charge >= 0.3 is 0 Å². The molecule has 1 aliphatic carbocycles. The topological polar surface area (TPSA) is 55.1 Å². The summed E-state index contributed by atoms with van der Waals surface area (Å²) in [5, 5.41) is 3.25. The molecule has 1 aliphatic rings. The van der Waals surface area contributed by atoms with E-state index in [1.54, 1.807) is 0 Å². The fourth-order valence-electron chi connectivity index (χ4n) is 3.58. The van der Waals surface area contributed by atoms with Crippen LogP contribution in [0.2, 0.25) is 0 Å². The van der Waals surface area contributed by atoms with Crippen LogP contribution >= 0.6 is 12.4 Å². The molecule has 0 unspecified atom stereocenters. The number of nitrogens with one attached hydrogen (secondary N) is 1. The van der Waals surface area contributed by atoms with Gasteiger partial charge in [0.2, 0.25) is 5.91 Å². The Balaban J connectivity index is 0.00000264. The molecule has 1 aromatic rings. The molecule has 1 saturated carbocycles. The maximum absolute atomic E-state index is 12.8. The quantitative estimate of drug-likeness (QED) is 0.819. The molecular formula is C19H31ClN2O. The molecule has 0 saturated heterocycles. The van der Waals surface area contributed by atoms with Crippen molar-refractivity contribution in [2.45, 2.75) is 58.8 Å². The number of nitrogens with two attached hydrogens (primary N) is 1. The van der Waals surface area contributed by atoms with Crippen LogP contribution in [-0.2, 0) is 4.79 Å². The van der Waals surface area contributed by atoms with Gasteiger partial charge in [0.1, 0.15) is 0 Å².